The number of hydrogen-bond donors (Lipinski definition) is 1. The molecule has 3 heterocycles. The van der Waals surface area contributed by atoms with E-state index >= 15 is 0 Å². The highest BCUT2D eigenvalue weighted by Crippen LogP contribution is 2.26. The van der Waals surface area contributed by atoms with E-state index in [1.54, 1.807) is 0 Å². The lowest BCUT2D eigenvalue weighted by molar-refractivity contribution is -0.136. The van der Waals surface area contributed by atoms with E-state index in [4.69, 9.17) is 0 Å². The van der Waals surface area contributed by atoms with Gasteiger partial charge in [-0.05, 0) is 43.3 Å². The molecule has 17 heavy (non-hydrogen) atoms. The average molecular weight is 250 g/mol. The molecule has 0 radical (unpaired) electrons. The quantitative estimate of drug-likeness (QED) is 0.821. The maximum Gasteiger partial charge on any atom is 0.227 e. The summed E-state index contributed by atoms with van der Waals surface area (Å²) in [7, 11) is 0. The van der Waals surface area contributed by atoms with Crippen molar-refractivity contribution in [1.82, 2.24) is 10.2 Å². The van der Waals surface area contributed by atoms with Gasteiger partial charge in [0.15, 0.2) is 0 Å². The molecule has 3 nitrogen and oxygen atoms in total. The van der Waals surface area contributed by atoms with E-state index in [1.165, 1.54) is 10.4 Å². The maximum absolute atomic E-state index is 12.4. The number of thiophene rings is 1. The van der Waals surface area contributed by atoms with Crippen molar-refractivity contribution in [3.63, 3.8) is 0 Å². The van der Waals surface area contributed by atoms with Gasteiger partial charge in [0.1, 0.15) is 0 Å². The second kappa shape index (κ2) is 4.42. The third kappa shape index (κ3) is 2.00. The topological polar surface area (TPSA) is 32.3 Å². The van der Waals surface area contributed by atoms with Crippen molar-refractivity contribution in [2.24, 2.45) is 5.92 Å². The van der Waals surface area contributed by atoms with Crippen LogP contribution in [0.2, 0.25) is 0 Å². The lowest BCUT2D eigenvalue weighted by Crippen LogP contribution is -2.42. The lowest BCUT2D eigenvalue weighted by atomic mass is 9.98. The summed E-state index contributed by atoms with van der Waals surface area (Å²) in [6, 6.07) is 2.50. The first kappa shape index (κ1) is 11.2. The van der Waals surface area contributed by atoms with Gasteiger partial charge in [0.05, 0.1) is 5.92 Å². The van der Waals surface area contributed by atoms with Crippen molar-refractivity contribution in [1.29, 1.82) is 0 Å². The maximum atomic E-state index is 12.4. The minimum absolute atomic E-state index is 0.190. The number of nitrogens with zero attached hydrogens (tertiary/aromatic N) is 1. The molecule has 0 saturated carbocycles. The van der Waals surface area contributed by atoms with Gasteiger partial charge in [0.25, 0.3) is 0 Å². The number of rotatable bonds is 1. The molecule has 1 fully saturated rings. The first-order valence-corrected chi connectivity index (χ1v) is 7.21. The van der Waals surface area contributed by atoms with Gasteiger partial charge in [-0.1, -0.05) is 0 Å². The van der Waals surface area contributed by atoms with Gasteiger partial charge in [0, 0.05) is 24.0 Å². The summed E-state index contributed by atoms with van der Waals surface area (Å²) < 4.78 is 0. The molecule has 2 unspecified atom stereocenters. The number of fused-ring (bicyclic) bond motifs is 1. The van der Waals surface area contributed by atoms with Crippen LogP contribution in [0.5, 0.6) is 0 Å². The van der Waals surface area contributed by atoms with E-state index in [0.717, 1.165) is 32.5 Å². The van der Waals surface area contributed by atoms with Gasteiger partial charge in [-0.2, -0.15) is 0 Å². The normalized spacial score (nSPS) is 28.2. The summed E-state index contributed by atoms with van der Waals surface area (Å²) in [6.45, 7) is 4.82. The van der Waals surface area contributed by atoms with Gasteiger partial charge in [0.2, 0.25) is 5.91 Å². The molecule has 1 aromatic heterocycles. The summed E-state index contributed by atoms with van der Waals surface area (Å²) >= 11 is 1.82. The molecule has 2 atom stereocenters. The molecule has 1 saturated heterocycles. The summed E-state index contributed by atoms with van der Waals surface area (Å²) in [5, 5.41) is 5.50. The van der Waals surface area contributed by atoms with E-state index in [-0.39, 0.29) is 5.92 Å². The molecule has 2 aliphatic heterocycles. The Morgan fingerprint density at radius 1 is 1.59 bits per heavy atom. The Hall–Kier alpha value is -0.870. The highest BCUT2D eigenvalue weighted by Gasteiger charge is 2.33. The first-order valence-electron chi connectivity index (χ1n) is 6.33. The van der Waals surface area contributed by atoms with Crippen molar-refractivity contribution in [3.05, 3.63) is 21.9 Å². The van der Waals surface area contributed by atoms with Crippen LogP contribution in [-0.4, -0.2) is 29.9 Å². The van der Waals surface area contributed by atoms with Crippen LogP contribution in [0.3, 0.4) is 0 Å². The number of carbonyl (C=O) groups excluding carboxylic acids is 1. The van der Waals surface area contributed by atoms with Gasteiger partial charge in [-0.15, -0.1) is 11.3 Å². The van der Waals surface area contributed by atoms with E-state index in [0.29, 0.717) is 11.9 Å². The Kier molecular flexibility index (Phi) is 2.92. The van der Waals surface area contributed by atoms with Crippen molar-refractivity contribution in [2.45, 2.75) is 32.4 Å². The molecule has 0 spiro atoms. The van der Waals surface area contributed by atoms with Crippen LogP contribution in [0.1, 0.15) is 23.8 Å². The Labute approximate surface area is 106 Å². The third-order valence-electron chi connectivity index (χ3n) is 3.96. The van der Waals surface area contributed by atoms with E-state index in [2.05, 4.69) is 23.7 Å². The predicted octanol–water partition coefficient (Wildman–Crippen LogP) is 1.63. The predicted molar refractivity (Wildman–Crippen MR) is 69.0 cm³/mol. The fourth-order valence-electron chi connectivity index (χ4n) is 2.87. The SMILES string of the molecule is CC1NCCC1C(=O)N1CCc2sccc2C1. The van der Waals surface area contributed by atoms with Gasteiger partial charge < -0.3 is 10.2 Å². The Bertz CT molecular complexity index is 429. The molecule has 1 amide bonds. The highest BCUT2D eigenvalue weighted by molar-refractivity contribution is 7.10. The zero-order chi connectivity index (χ0) is 11.8. The van der Waals surface area contributed by atoms with Crippen molar-refractivity contribution >= 4 is 17.2 Å². The van der Waals surface area contributed by atoms with Crippen LogP contribution < -0.4 is 5.32 Å². The molecule has 0 aromatic carbocycles. The van der Waals surface area contributed by atoms with Crippen LogP contribution in [-0.2, 0) is 17.8 Å². The smallest absolute Gasteiger partial charge is 0.227 e. The second-order valence-corrected chi connectivity index (χ2v) is 6.02. The summed E-state index contributed by atoms with van der Waals surface area (Å²) in [5.74, 6) is 0.537. The lowest BCUT2D eigenvalue weighted by Gasteiger charge is -2.30. The number of amides is 1. The fraction of sp³-hybridized carbons (Fsp3) is 0.615. The van der Waals surface area contributed by atoms with Crippen LogP contribution in [0.4, 0.5) is 0 Å². The monoisotopic (exact) mass is 250 g/mol. The molecule has 4 heteroatoms. The van der Waals surface area contributed by atoms with Crippen LogP contribution in [0.25, 0.3) is 0 Å². The highest BCUT2D eigenvalue weighted by atomic mass is 32.1. The Morgan fingerprint density at radius 2 is 2.47 bits per heavy atom. The second-order valence-electron chi connectivity index (χ2n) is 5.02. The average Bonchev–Trinajstić information content (AvgIpc) is 2.95. The van der Waals surface area contributed by atoms with Crippen molar-refractivity contribution in [2.75, 3.05) is 13.1 Å². The summed E-state index contributed by atoms with van der Waals surface area (Å²) in [4.78, 5) is 15.9. The van der Waals surface area contributed by atoms with Crippen LogP contribution in [0, 0.1) is 5.92 Å². The Balaban J connectivity index is 1.72. The standard InChI is InChI=1S/C13H18N2OS/c1-9-11(2-5-14-9)13(16)15-6-3-12-10(8-15)4-7-17-12/h4,7,9,11,14H,2-3,5-6,8H2,1H3. The van der Waals surface area contributed by atoms with Crippen LogP contribution in [0.15, 0.2) is 11.4 Å². The molecule has 2 aliphatic rings. The van der Waals surface area contributed by atoms with Crippen molar-refractivity contribution < 1.29 is 4.79 Å². The van der Waals surface area contributed by atoms with E-state index < -0.39 is 0 Å². The van der Waals surface area contributed by atoms with Gasteiger partial charge in [-0.3, -0.25) is 4.79 Å². The Morgan fingerprint density at radius 3 is 3.24 bits per heavy atom. The first-order chi connectivity index (χ1) is 8.25. The minimum atomic E-state index is 0.190. The molecule has 0 bridgehead atoms. The third-order valence-corrected chi connectivity index (χ3v) is 4.98. The van der Waals surface area contributed by atoms with E-state index in [1.807, 2.05) is 16.2 Å². The minimum Gasteiger partial charge on any atom is -0.338 e. The van der Waals surface area contributed by atoms with Gasteiger partial charge >= 0.3 is 0 Å². The molecule has 92 valence electrons. The largest absolute Gasteiger partial charge is 0.338 e. The summed E-state index contributed by atoms with van der Waals surface area (Å²) in [5.41, 5.74) is 1.35. The number of nitrogens with one attached hydrogen (secondary N) is 1. The zero-order valence-electron chi connectivity index (χ0n) is 10.1. The fourth-order valence-corrected chi connectivity index (χ4v) is 3.76. The molecular formula is C13H18N2OS. The molecule has 3 rings (SSSR count). The zero-order valence-corrected chi connectivity index (χ0v) is 10.9. The van der Waals surface area contributed by atoms with Crippen molar-refractivity contribution in [3.8, 4) is 0 Å². The van der Waals surface area contributed by atoms with Crippen LogP contribution >= 0.6 is 11.3 Å². The molecule has 1 aromatic rings. The van der Waals surface area contributed by atoms with E-state index in [9.17, 15) is 4.79 Å². The molecule has 0 aliphatic carbocycles. The number of hydrogen-bond acceptors (Lipinski definition) is 3. The number of carbonyl (C=O) groups is 1. The van der Waals surface area contributed by atoms with Gasteiger partial charge in [-0.25, -0.2) is 0 Å². The summed E-state index contributed by atoms with van der Waals surface area (Å²) in [6.07, 6.45) is 2.03. The molecular weight excluding hydrogens is 232 g/mol. The molecule has 1 N–H and O–H groups in total.